The van der Waals surface area contributed by atoms with Crippen LogP contribution in [0.3, 0.4) is 0 Å². The molecule has 7 nitrogen and oxygen atoms in total. The molecule has 180 valence electrons. The SMILES string of the molecule is CS(=O)(=O)Nc1cc([C@@H](O)CNCCOc2ccc3c4c([nH]c3c2)CCCC4)ccc1Cl.Cl. The molecule has 3 aromatic rings. The number of aliphatic hydroxyl groups excluding tert-OH is 1. The third-order valence-electron chi connectivity index (χ3n) is 5.63. The van der Waals surface area contributed by atoms with Crippen LogP contribution in [0.5, 0.6) is 5.75 Å². The number of sulfonamides is 1. The van der Waals surface area contributed by atoms with Crippen molar-refractivity contribution in [3.63, 3.8) is 0 Å². The van der Waals surface area contributed by atoms with Gasteiger partial charge in [-0.05, 0) is 61.1 Å². The van der Waals surface area contributed by atoms with Crippen LogP contribution in [0.1, 0.15) is 35.8 Å². The molecule has 0 bridgehead atoms. The van der Waals surface area contributed by atoms with Crippen molar-refractivity contribution in [3.8, 4) is 5.75 Å². The predicted molar refractivity (Wildman–Crippen MR) is 135 cm³/mol. The second kappa shape index (κ2) is 11.0. The van der Waals surface area contributed by atoms with Crippen molar-refractivity contribution < 1.29 is 18.3 Å². The Balaban J connectivity index is 0.00000306. The third-order valence-corrected chi connectivity index (χ3v) is 6.55. The molecule has 10 heteroatoms. The Bertz CT molecular complexity index is 1210. The highest BCUT2D eigenvalue weighted by atomic mass is 35.5. The van der Waals surface area contributed by atoms with Crippen LogP contribution in [0.2, 0.25) is 5.02 Å². The van der Waals surface area contributed by atoms with E-state index >= 15 is 0 Å². The van der Waals surface area contributed by atoms with Crippen molar-refractivity contribution in [2.75, 3.05) is 30.7 Å². The number of aliphatic hydroxyl groups is 1. The molecular weight excluding hydrogens is 485 g/mol. The summed E-state index contributed by atoms with van der Waals surface area (Å²) < 4.78 is 31.1. The lowest BCUT2D eigenvalue weighted by Gasteiger charge is -2.15. The molecule has 2 aromatic carbocycles. The van der Waals surface area contributed by atoms with Gasteiger partial charge in [0.25, 0.3) is 0 Å². The molecule has 1 atom stereocenters. The number of aromatic amines is 1. The van der Waals surface area contributed by atoms with Crippen LogP contribution in [0, 0.1) is 0 Å². The largest absolute Gasteiger partial charge is 0.492 e. The van der Waals surface area contributed by atoms with Gasteiger partial charge < -0.3 is 20.1 Å². The summed E-state index contributed by atoms with van der Waals surface area (Å²) in [4.78, 5) is 3.53. The fourth-order valence-electron chi connectivity index (χ4n) is 4.11. The monoisotopic (exact) mass is 513 g/mol. The lowest BCUT2D eigenvalue weighted by atomic mass is 9.96. The Morgan fingerprint density at radius 1 is 1.18 bits per heavy atom. The van der Waals surface area contributed by atoms with Crippen LogP contribution in [-0.2, 0) is 22.9 Å². The Morgan fingerprint density at radius 3 is 2.76 bits per heavy atom. The first-order chi connectivity index (χ1) is 15.3. The molecule has 0 fully saturated rings. The van der Waals surface area contributed by atoms with Crippen LogP contribution in [-0.4, -0.2) is 44.5 Å². The van der Waals surface area contributed by atoms with E-state index in [4.69, 9.17) is 16.3 Å². The molecule has 0 amide bonds. The average molecular weight is 514 g/mol. The van der Waals surface area contributed by atoms with Crippen molar-refractivity contribution in [1.82, 2.24) is 10.3 Å². The van der Waals surface area contributed by atoms with Crippen LogP contribution in [0.25, 0.3) is 10.9 Å². The number of aryl methyl sites for hydroxylation is 2. The standard InChI is InChI=1S/C23H28ClN3O4S.ClH/c1-32(29,30)27-22-12-15(6-9-19(22)24)23(28)14-25-10-11-31-16-7-8-18-17-4-2-3-5-20(17)26-21(18)13-16;/h6-9,12-13,23,25-28H,2-5,10-11,14H2,1H3;1H/t23-;/m0./s1. The van der Waals surface area contributed by atoms with Crippen molar-refractivity contribution in [1.29, 1.82) is 0 Å². The molecule has 0 aliphatic heterocycles. The first-order valence-corrected chi connectivity index (χ1v) is 13.0. The van der Waals surface area contributed by atoms with E-state index in [1.165, 1.54) is 35.6 Å². The van der Waals surface area contributed by atoms with Crippen molar-refractivity contribution in [2.24, 2.45) is 0 Å². The van der Waals surface area contributed by atoms with Gasteiger partial charge in [0.15, 0.2) is 0 Å². The molecule has 1 heterocycles. The van der Waals surface area contributed by atoms with Crippen molar-refractivity contribution in [2.45, 2.75) is 31.8 Å². The quantitative estimate of drug-likeness (QED) is 0.321. The maximum absolute atomic E-state index is 11.5. The molecule has 33 heavy (non-hydrogen) atoms. The highest BCUT2D eigenvalue weighted by Gasteiger charge is 2.16. The molecule has 1 aliphatic carbocycles. The van der Waals surface area contributed by atoms with Crippen LogP contribution in [0.15, 0.2) is 36.4 Å². The number of halogens is 2. The van der Waals surface area contributed by atoms with Gasteiger partial charge in [-0.3, -0.25) is 4.72 Å². The zero-order valence-electron chi connectivity index (χ0n) is 18.4. The summed E-state index contributed by atoms with van der Waals surface area (Å²) in [6.07, 6.45) is 4.99. The molecule has 1 aliphatic rings. The minimum Gasteiger partial charge on any atom is -0.492 e. The van der Waals surface area contributed by atoms with Crippen LogP contribution in [0.4, 0.5) is 5.69 Å². The van der Waals surface area contributed by atoms with E-state index in [-0.39, 0.29) is 23.1 Å². The van der Waals surface area contributed by atoms with Crippen molar-refractivity contribution >= 4 is 50.6 Å². The van der Waals surface area contributed by atoms with Crippen LogP contribution >= 0.6 is 24.0 Å². The van der Waals surface area contributed by atoms with Gasteiger partial charge in [-0.1, -0.05) is 17.7 Å². The van der Waals surface area contributed by atoms with Crippen LogP contribution < -0.4 is 14.8 Å². The summed E-state index contributed by atoms with van der Waals surface area (Å²) in [5.41, 5.74) is 4.74. The van der Waals surface area contributed by atoms with Gasteiger partial charge in [0.2, 0.25) is 10.0 Å². The molecule has 0 unspecified atom stereocenters. The van der Waals surface area contributed by atoms with E-state index < -0.39 is 16.1 Å². The van der Waals surface area contributed by atoms with Gasteiger partial charge in [0, 0.05) is 35.8 Å². The Hall–Kier alpha value is -1.97. The molecular formula is C23H29Cl2N3O4S. The summed E-state index contributed by atoms with van der Waals surface area (Å²) in [6.45, 7) is 1.31. The number of H-pyrrole nitrogens is 1. The lowest BCUT2D eigenvalue weighted by molar-refractivity contribution is 0.172. The minimum atomic E-state index is -3.46. The third kappa shape index (κ3) is 6.55. The van der Waals surface area contributed by atoms with E-state index in [0.717, 1.165) is 30.4 Å². The Labute approximate surface area is 205 Å². The second-order valence-electron chi connectivity index (χ2n) is 8.18. The molecule has 0 spiro atoms. The number of aromatic nitrogens is 1. The lowest BCUT2D eigenvalue weighted by Crippen LogP contribution is -2.26. The van der Waals surface area contributed by atoms with E-state index in [2.05, 4.69) is 21.1 Å². The Kier molecular flexibility index (Phi) is 8.53. The normalized spacial score (nSPS) is 14.4. The van der Waals surface area contributed by atoms with E-state index in [0.29, 0.717) is 25.3 Å². The van der Waals surface area contributed by atoms with Gasteiger partial charge >= 0.3 is 0 Å². The number of hydrogen-bond acceptors (Lipinski definition) is 5. The van der Waals surface area contributed by atoms with E-state index in [9.17, 15) is 13.5 Å². The Morgan fingerprint density at radius 2 is 1.97 bits per heavy atom. The van der Waals surface area contributed by atoms with Gasteiger partial charge in [-0.25, -0.2) is 8.42 Å². The fraction of sp³-hybridized carbons (Fsp3) is 0.391. The summed E-state index contributed by atoms with van der Waals surface area (Å²) in [7, 11) is -3.46. The number of rotatable bonds is 9. The summed E-state index contributed by atoms with van der Waals surface area (Å²) in [5, 5.41) is 15.1. The first-order valence-electron chi connectivity index (χ1n) is 10.7. The molecule has 0 saturated heterocycles. The number of anilines is 1. The average Bonchev–Trinajstić information content (AvgIpc) is 3.11. The number of ether oxygens (including phenoxy) is 1. The smallest absolute Gasteiger partial charge is 0.229 e. The highest BCUT2D eigenvalue weighted by Crippen LogP contribution is 2.31. The van der Waals surface area contributed by atoms with Crippen molar-refractivity contribution in [3.05, 3.63) is 58.2 Å². The van der Waals surface area contributed by atoms with Gasteiger partial charge in [0.05, 0.1) is 23.1 Å². The van der Waals surface area contributed by atoms with Gasteiger partial charge in [-0.2, -0.15) is 0 Å². The minimum absolute atomic E-state index is 0. The van der Waals surface area contributed by atoms with Gasteiger partial charge in [-0.15, -0.1) is 12.4 Å². The number of fused-ring (bicyclic) bond motifs is 3. The summed E-state index contributed by atoms with van der Waals surface area (Å²) in [5.74, 6) is 0.813. The molecule has 0 radical (unpaired) electrons. The summed E-state index contributed by atoms with van der Waals surface area (Å²) >= 11 is 6.03. The zero-order chi connectivity index (χ0) is 22.7. The molecule has 4 N–H and O–H groups in total. The second-order valence-corrected chi connectivity index (χ2v) is 10.3. The molecule has 0 saturated carbocycles. The first kappa shape index (κ1) is 25.6. The predicted octanol–water partition coefficient (Wildman–Crippen LogP) is 4.20. The topological polar surface area (TPSA) is 103 Å². The maximum Gasteiger partial charge on any atom is 0.229 e. The zero-order valence-corrected chi connectivity index (χ0v) is 20.7. The molecule has 4 rings (SSSR count). The van der Waals surface area contributed by atoms with E-state index in [1.54, 1.807) is 12.1 Å². The maximum atomic E-state index is 11.5. The molecule has 1 aromatic heterocycles. The van der Waals surface area contributed by atoms with Gasteiger partial charge in [0.1, 0.15) is 12.4 Å². The number of hydrogen-bond donors (Lipinski definition) is 4. The fourth-order valence-corrected chi connectivity index (χ4v) is 4.90. The summed E-state index contributed by atoms with van der Waals surface area (Å²) in [6, 6.07) is 11.0. The van der Waals surface area contributed by atoms with E-state index in [1.807, 2.05) is 12.1 Å². The highest BCUT2D eigenvalue weighted by molar-refractivity contribution is 7.92. The number of benzene rings is 2. The number of nitrogens with one attached hydrogen (secondary N) is 3.